The van der Waals surface area contributed by atoms with E-state index in [0.717, 1.165) is 0 Å². The lowest BCUT2D eigenvalue weighted by atomic mass is 10.2. The number of halogens is 1. The molecule has 1 aromatic heterocycles. The fourth-order valence-corrected chi connectivity index (χ4v) is 2.78. The zero-order valence-electron chi connectivity index (χ0n) is 14.7. The molecule has 0 fully saturated rings. The molecule has 2 aromatic carbocycles. The van der Waals surface area contributed by atoms with Crippen molar-refractivity contribution < 1.29 is 23.1 Å². The van der Waals surface area contributed by atoms with Gasteiger partial charge in [0.1, 0.15) is 11.6 Å². The third kappa shape index (κ3) is 4.01. The molecule has 2 amide bonds. The lowest BCUT2D eigenvalue weighted by Gasteiger charge is -2.18. The average molecular weight is 381 g/mol. The third-order valence-corrected chi connectivity index (χ3v) is 4.14. The van der Waals surface area contributed by atoms with E-state index < -0.39 is 0 Å². The van der Waals surface area contributed by atoms with Crippen LogP contribution in [0.4, 0.5) is 15.8 Å². The summed E-state index contributed by atoms with van der Waals surface area (Å²) in [5.74, 6) is 0.710. The molecular weight excluding hydrogens is 365 g/mol. The van der Waals surface area contributed by atoms with Crippen molar-refractivity contribution in [1.82, 2.24) is 4.98 Å². The van der Waals surface area contributed by atoms with Gasteiger partial charge in [0, 0.05) is 24.1 Å². The number of carbonyl (C=O) groups is 2. The first-order valence-electron chi connectivity index (χ1n) is 8.64. The summed E-state index contributed by atoms with van der Waals surface area (Å²) in [7, 11) is 0. The topological polar surface area (TPSA) is 93.5 Å². The number of rotatable bonds is 5. The number of aryl methyl sites for hydroxylation is 1. The summed E-state index contributed by atoms with van der Waals surface area (Å²) >= 11 is 0. The molecule has 0 spiro atoms. The van der Waals surface area contributed by atoms with Gasteiger partial charge in [-0.05, 0) is 42.5 Å². The maximum Gasteiger partial charge on any atom is 0.262 e. The summed E-state index contributed by atoms with van der Waals surface area (Å²) in [6, 6.07) is 10.9. The van der Waals surface area contributed by atoms with Gasteiger partial charge in [0.25, 0.3) is 5.91 Å². The van der Waals surface area contributed by atoms with Crippen LogP contribution in [0.15, 0.2) is 53.1 Å². The number of benzene rings is 2. The Balaban J connectivity index is 1.34. The highest BCUT2D eigenvalue weighted by atomic mass is 19.1. The highest BCUT2D eigenvalue weighted by Crippen LogP contribution is 2.30. The molecule has 4 rings (SSSR count). The van der Waals surface area contributed by atoms with Gasteiger partial charge < -0.3 is 19.8 Å². The summed E-state index contributed by atoms with van der Waals surface area (Å²) in [6.45, 7) is -0.0191. The molecule has 2 heterocycles. The fraction of sp³-hybridized carbons (Fsp3) is 0.150. The fourth-order valence-electron chi connectivity index (χ4n) is 2.78. The Bertz CT molecular complexity index is 1030. The van der Waals surface area contributed by atoms with Gasteiger partial charge in [0.05, 0.1) is 11.9 Å². The summed E-state index contributed by atoms with van der Waals surface area (Å²) in [4.78, 5) is 27.7. The number of amides is 2. The maximum atomic E-state index is 13.0. The summed E-state index contributed by atoms with van der Waals surface area (Å²) in [5.41, 5.74) is 1.78. The zero-order valence-corrected chi connectivity index (χ0v) is 14.7. The normalized spacial score (nSPS) is 12.7. The number of hydrogen-bond acceptors (Lipinski definition) is 5. The van der Waals surface area contributed by atoms with Gasteiger partial charge in [-0.1, -0.05) is 0 Å². The van der Waals surface area contributed by atoms with Crippen molar-refractivity contribution in [2.45, 2.75) is 12.8 Å². The molecule has 28 heavy (non-hydrogen) atoms. The number of carbonyl (C=O) groups excluding carboxylic acids is 2. The first-order chi connectivity index (χ1) is 13.6. The van der Waals surface area contributed by atoms with Gasteiger partial charge in [-0.3, -0.25) is 9.59 Å². The van der Waals surface area contributed by atoms with E-state index in [-0.39, 0.29) is 30.7 Å². The predicted molar refractivity (Wildman–Crippen MR) is 99.4 cm³/mol. The lowest BCUT2D eigenvalue weighted by molar-refractivity contribution is -0.118. The molecule has 0 saturated heterocycles. The van der Waals surface area contributed by atoms with Crippen LogP contribution in [0.3, 0.4) is 0 Å². The van der Waals surface area contributed by atoms with Crippen molar-refractivity contribution in [3.05, 3.63) is 60.4 Å². The van der Waals surface area contributed by atoms with E-state index in [4.69, 9.17) is 9.15 Å². The van der Waals surface area contributed by atoms with Gasteiger partial charge in [-0.15, -0.1) is 0 Å². The van der Waals surface area contributed by atoms with Gasteiger partial charge in [0.15, 0.2) is 18.3 Å². The van der Waals surface area contributed by atoms with Crippen molar-refractivity contribution >= 4 is 23.2 Å². The summed E-state index contributed by atoms with van der Waals surface area (Å²) < 4.78 is 23.9. The Morgan fingerprint density at radius 1 is 1.21 bits per heavy atom. The van der Waals surface area contributed by atoms with E-state index in [1.54, 1.807) is 36.5 Å². The average Bonchev–Trinajstić information content (AvgIpc) is 3.16. The first kappa shape index (κ1) is 17.7. The lowest BCUT2D eigenvalue weighted by Crippen LogP contribution is -2.25. The predicted octanol–water partition coefficient (Wildman–Crippen LogP) is 3.38. The van der Waals surface area contributed by atoms with Gasteiger partial charge in [-0.2, -0.15) is 0 Å². The molecule has 0 radical (unpaired) electrons. The van der Waals surface area contributed by atoms with Crippen LogP contribution in [0.1, 0.15) is 12.3 Å². The van der Waals surface area contributed by atoms with E-state index in [0.29, 0.717) is 40.8 Å². The van der Waals surface area contributed by atoms with Gasteiger partial charge in [-0.25, -0.2) is 9.37 Å². The van der Waals surface area contributed by atoms with Crippen LogP contribution in [-0.4, -0.2) is 23.4 Å². The van der Waals surface area contributed by atoms with E-state index in [9.17, 15) is 14.0 Å². The number of nitrogens with zero attached hydrogens (tertiary/aromatic N) is 1. The van der Waals surface area contributed by atoms with Crippen LogP contribution in [-0.2, 0) is 16.0 Å². The number of anilines is 2. The molecule has 3 aromatic rings. The minimum atomic E-state index is -0.325. The molecule has 1 aliphatic heterocycles. The second-order valence-corrected chi connectivity index (χ2v) is 6.22. The Kier molecular flexibility index (Phi) is 4.76. The molecule has 0 atom stereocenters. The third-order valence-electron chi connectivity index (χ3n) is 4.14. The van der Waals surface area contributed by atoms with Crippen molar-refractivity contribution in [2.75, 3.05) is 17.2 Å². The second kappa shape index (κ2) is 7.51. The van der Waals surface area contributed by atoms with Gasteiger partial charge in [0.2, 0.25) is 5.91 Å². The molecule has 0 bridgehead atoms. The highest BCUT2D eigenvalue weighted by molar-refractivity contribution is 5.97. The summed E-state index contributed by atoms with van der Waals surface area (Å²) in [5, 5.41) is 5.45. The number of oxazole rings is 1. The van der Waals surface area contributed by atoms with Crippen molar-refractivity contribution in [3.8, 4) is 17.1 Å². The largest absolute Gasteiger partial charge is 0.482 e. The number of aromatic nitrogens is 1. The van der Waals surface area contributed by atoms with E-state index in [1.165, 1.54) is 12.1 Å². The smallest absolute Gasteiger partial charge is 0.262 e. The van der Waals surface area contributed by atoms with Crippen LogP contribution >= 0.6 is 0 Å². The Morgan fingerprint density at radius 2 is 2.04 bits per heavy atom. The molecule has 0 aliphatic carbocycles. The van der Waals surface area contributed by atoms with Crippen molar-refractivity contribution in [2.24, 2.45) is 0 Å². The Labute approximate surface area is 159 Å². The molecule has 0 saturated carbocycles. The Morgan fingerprint density at radius 3 is 2.86 bits per heavy atom. The SMILES string of the molecule is O=C(CCc1ncc(-c2ccc(F)cc2)o1)Nc1ccc2c(c1)NC(=O)CO2. The molecule has 7 nitrogen and oxygen atoms in total. The second-order valence-electron chi connectivity index (χ2n) is 6.22. The quantitative estimate of drug-likeness (QED) is 0.707. The van der Waals surface area contributed by atoms with Crippen LogP contribution in [0.25, 0.3) is 11.3 Å². The maximum absolute atomic E-state index is 13.0. The first-order valence-corrected chi connectivity index (χ1v) is 8.64. The van der Waals surface area contributed by atoms with Crippen LogP contribution in [0.2, 0.25) is 0 Å². The van der Waals surface area contributed by atoms with Crippen molar-refractivity contribution in [3.63, 3.8) is 0 Å². The van der Waals surface area contributed by atoms with E-state index in [2.05, 4.69) is 15.6 Å². The molecule has 1 aliphatic rings. The molecule has 8 heteroatoms. The number of fused-ring (bicyclic) bond motifs is 1. The van der Waals surface area contributed by atoms with Crippen LogP contribution in [0.5, 0.6) is 5.75 Å². The minimum absolute atomic E-state index is 0.0191. The highest BCUT2D eigenvalue weighted by Gasteiger charge is 2.16. The molecule has 0 unspecified atom stereocenters. The number of hydrogen-bond donors (Lipinski definition) is 2. The van der Waals surface area contributed by atoms with Crippen molar-refractivity contribution in [1.29, 1.82) is 0 Å². The van der Waals surface area contributed by atoms with Crippen LogP contribution < -0.4 is 15.4 Å². The van der Waals surface area contributed by atoms with E-state index >= 15 is 0 Å². The zero-order chi connectivity index (χ0) is 19.5. The summed E-state index contributed by atoms with van der Waals surface area (Å²) in [6.07, 6.45) is 2.04. The number of nitrogens with one attached hydrogen (secondary N) is 2. The molecule has 142 valence electrons. The standard InChI is InChI=1S/C20H16FN3O4/c21-13-3-1-12(2-4-13)17-10-22-20(28-17)8-7-18(25)23-14-5-6-16-15(9-14)24-19(26)11-27-16/h1-6,9-10H,7-8,11H2,(H,23,25)(H,24,26). The minimum Gasteiger partial charge on any atom is -0.482 e. The van der Waals surface area contributed by atoms with Crippen LogP contribution in [0, 0.1) is 5.82 Å². The molecular formula is C20H16FN3O4. The Hall–Kier alpha value is -3.68. The van der Waals surface area contributed by atoms with E-state index in [1.807, 2.05) is 0 Å². The molecule has 2 N–H and O–H groups in total. The monoisotopic (exact) mass is 381 g/mol. The van der Waals surface area contributed by atoms with Gasteiger partial charge >= 0.3 is 0 Å². The number of ether oxygens (including phenoxy) is 1.